The fraction of sp³-hybridized carbons (Fsp3) is 0.114. The quantitative estimate of drug-likeness (QED) is 0.165. The molecule has 0 saturated carbocycles. The van der Waals surface area contributed by atoms with Gasteiger partial charge in [-0.3, -0.25) is 0 Å². The second kappa shape index (κ2) is 15.3. The summed E-state index contributed by atoms with van der Waals surface area (Å²) in [7, 11) is 0. The third kappa shape index (κ3) is 5.97. The highest BCUT2D eigenvalue weighted by Crippen LogP contribution is 2.54. The molecule has 4 nitrogen and oxygen atoms in total. The lowest BCUT2D eigenvalue weighted by atomic mass is 9.84. The minimum absolute atomic E-state index is 0.116. The van der Waals surface area contributed by atoms with Crippen molar-refractivity contribution >= 4 is 132 Å². The van der Waals surface area contributed by atoms with Crippen LogP contribution < -0.4 is 9.80 Å². The Morgan fingerprint density at radius 2 is 0.676 bits per heavy atom. The van der Waals surface area contributed by atoms with Crippen LogP contribution in [0.4, 0.5) is 34.1 Å². The Labute approximate surface area is 430 Å². The zero-order valence-corrected chi connectivity index (χ0v) is 42.6. The van der Waals surface area contributed by atoms with Crippen molar-refractivity contribution in [2.24, 2.45) is 0 Å². The predicted octanol–water partition coefficient (Wildman–Crippen LogP) is 19.8. The molecule has 0 aliphatic carbocycles. The normalized spacial score (nSPS) is 12.7. The lowest BCUT2D eigenvalue weighted by Gasteiger charge is -2.28. The molecule has 0 bridgehead atoms. The summed E-state index contributed by atoms with van der Waals surface area (Å²) in [4.78, 5) is 4.96. The van der Waals surface area contributed by atoms with Crippen molar-refractivity contribution in [3.05, 3.63) is 230 Å². The maximum atomic E-state index is 2.64. The minimum Gasteiger partial charge on any atom is -0.308 e. The van der Waals surface area contributed by atoms with E-state index in [1.54, 1.807) is 0 Å². The van der Waals surface area contributed by atoms with Crippen LogP contribution in [0.1, 0.15) is 52.7 Å². The Morgan fingerprint density at radius 1 is 0.297 bits per heavy atom. The highest BCUT2D eigenvalue weighted by atomic mass is 15.2. The van der Waals surface area contributed by atoms with E-state index in [4.69, 9.17) is 0 Å². The van der Waals surface area contributed by atoms with Crippen LogP contribution in [-0.4, -0.2) is 8.80 Å². The maximum Gasteiger partial charge on any atom is 0.0789 e. The Bertz CT molecular complexity index is 4590. The second-order valence-electron chi connectivity index (χ2n) is 22.6. The summed E-state index contributed by atoms with van der Waals surface area (Å²) in [6.45, 7) is 14.2. The lowest BCUT2D eigenvalue weighted by molar-refractivity contribution is 0.591. The van der Waals surface area contributed by atoms with Crippen LogP contribution in [0.15, 0.2) is 218 Å². The largest absolute Gasteiger partial charge is 0.308 e. The lowest BCUT2D eigenvalue weighted by Crippen LogP contribution is -2.11. The summed E-state index contributed by atoms with van der Waals surface area (Å²) in [6.07, 6.45) is 0. The second-order valence-corrected chi connectivity index (χ2v) is 22.6. The standard InChI is InChI=1S/C70H54N4/c1-69(2,3)45-39-54-53-37-43-23-20-22-34-52(43)66(72(49-29-15-9-16-30-49)50-31-17-10-18-32-50)67(53)73-58-35-36-59-63(62(58)56(41-45)64(54)73)57-42-46(70(4,5)6)40-55-61-51-33-21-19-24-44(51)38-60(68(61)74(59)65(55)57)71(47-25-11-7-12-26-47)48-27-13-8-14-28-48/h7-42H,1-6H3. The van der Waals surface area contributed by atoms with Crippen LogP contribution in [0, 0.1) is 0 Å². The van der Waals surface area contributed by atoms with E-state index in [-0.39, 0.29) is 10.8 Å². The summed E-state index contributed by atoms with van der Waals surface area (Å²) in [5, 5.41) is 15.2. The maximum absolute atomic E-state index is 2.64. The molecule has 354 valence electrons. The molecule has 0 spiro atoms. The van der Waals surface area contributed by atoms with Crippen molar-refractivity contribution in [2.45, 2.75) is 52.4 Å². The molecule has 0 saturated heterocycles. The van der Waals surface area contributed by atoms with Crippen molar-refractivity contribution < 1.29 is 0 Å². The highest BCUT2D eigenvalue weighted by molar-refractivity contribution is 6.39. The molecule has 74 heavy (non-hydrogen) atoms. The summed E-state index contributed by atoms with van der Waals surface area (Å²) in [5.74, 6) is 0. The number of rotatable bonds is 6. The summed E-state index contributed by atoms with van der Waals surface area (Å²) >= 11 is 0. The third-order valence-corrected chi connectivity index (χ3v) is 16.1. The Morgan fingerprint density at radius 3 is 1.18 bits per heavy atom. The number of fused-ring (bicyclic) bond motifs is 16. The Balaban J connectivity index is 1.19. The van der Waals surface area contributed by atoms with Gasteiger partial charge in [0.05, 0.1) is 44.5 Å². The van der Waals surface area contributed by atoms with Gasteiger partial charge in [-0.2, -0.15) is 0 Å². The first-order valence-corrected chi connectivity index (χ1v) is 26.1. The van der Waals surface area contributed by atoms with Gasteiger partial charge in [0.1, 0.15) is 0 Å². The van der Waals surface area contributed by atoms with E-state index < -0.39 is 0 Å². The molecule has 4 heteroatoms. The molecule has 0 N–H and O–H groups in total. The number of hydrogen-bond acceptors (Lipinski definition) is 2. The van der Waals surface area contributed by atoms with E-state index in [1.165, 1.54) is 115 Å². The average Bonchev–Trinajstić information content (AvgIpc) is 4.27. The Kier molecular flexibility index (Phi) is 8.87. The molecule has 4 heterocycles. The number of hydrogen-bond donors (Lipinski definition) is 0. The smallest absolute Gasteiger partial charge is 0.0789 e. The van der Waals surface area contributed by atoms with Gasteiger partial charge in [-0.15, -0.1) is 0 Å². The number of anilines is 6. The van der Waals surface area contributed by atoms with Crippen LogP contribution in [0.25, 0.3) is 97.7 Å². The number of aromatic nitrogens is 2. The highest BCUT2D eigenvalue weighted by Gasteiger charge is 2.32. The van der Waals surface area contributed by atoms with E-state index in [1.807, 2.05) is 0 Å². The average molecular weight is 951 g/mol. The molecular weight excluding hydrogens is 897 g/mol. The molecule has 0 unspecified atom stereocenters. The number of benzene rings is 11. The first kappa shape index (κ1) is 42.8. The molecule has 0 fully saturated rings. The van der Waals surface area contributed by atoms with Gasteiger partial charge in [0.15, 0.2) is 0 Å². The van der Waals surface area contributed by atoms with E-state index in [0.29, 0.717) is 0 Å². The predicted molar refractivity (Wildman–Crippen MR) is 318 cm³/mol. The first-order valence-electron chi connectivity index (χ1n) is 26.1. The number of nitrogens with zero attached hydrogens (tertiary/aromatic N) is 4. The van der Waals surface area contributed by atoms with E-state index >= 15 is 0 Å². The fourth-order valence-corrected chi connectivity index (χ4v) is 12.7. The zero-order valence-electron chi connectivity index (χ0n) is 42.6. The molecule has 0 atom stereocenters. The van der Waals surface area contributed by atoms with E-state index in [0.717, 1.165) is 28.4 Å². The fourth-order valence-electron chi connectivity index (χ4n) is 12.7. The van der Waals surface area contributed by atoms with Gasteiger partial charge in [0.2, 0.25) is 0 Å². The zero-order chi connectivity index (χ0) is 49.8. The van der Waals surface area contributed by atoms with Crippen LogP contribution >= 0.6 is 0 Å². The molecule has 4 aromatic heterocycles. The van der Waals surface area contributed by atoms with Crippen molar-refractivity contribution in [2.75, 3.05) is 9.80 Å². The van der Waals surface area contributed by atoms with Gasteiger partial charge in [-0.1, -0.05) is 163 Å². The van der Waals surface area contributed by atoms with Crippen molar-refractivity contribution in [1.29, 1.82) is 0 Å². The van der Waals surface area contributed by atoms with Gasteiger partial charge in [-0.25, -0.2) is 0 Å². The molecular formula is C70H54N4. The van der Waals surface area contributed by atoms with Crippen LogP contribution in [0.5, 0.6) is 0 Å². The minimum atomic E-state index is -0.122. The van der Waals surface area contributed by atoms with Gasteiger partial charge >= 0.3 is 0 Å². The van der Waals surface area contributed by atoms with Crippen LogP contribution in [0.2, 0.25) is 0 Å². The molecule has 11 aromatic carbocycles. The Hall–Kier alpha value is -8.86. The summed E-state index contributed by atoms with van der Waals surface area (Å²) < 4.78 is 5.29. The van der Waals surface area contributed by atoms with E-state index in [9.17, 15) is 0 Å². The monoisotopic (exact) mass is 950 g/mol. The van der Waals surface area contributed by atoms with Crippen molar-refractivity contribution in [1.82, 2.24) is 8.80 Å². The summed E-state index contributed by atoms with van der Waals surface area (Å²) in [6, 6.07) is 81.5. The SMILES string of the molecule is CC(C)(C)c1cc2c3cc4ccccc4c(N(c4ccccc4)c4ccccc4)c3n3c4ccc5c(c6cc(C(C)(C)C)cc7c8c9ccccc9cc(N(c9ccccc9)c9ccccc9)c8n5c67)c4c(c1)c23. The molecule has 0 amide bonds. The van der Waals surface area contributed by atoms with Gasteiger partial charge in [-0.05, 0) is 135 Å². The van der Waals surface area contributed by atoms with Crippen molar-refractivity contribution in [3.63, 3.8) is 0 Å². The van der Waals surface area contributed by atoms with E-state index in [2.05, 4.69) is 279 Å². The van der Waals surface area contributed by atoms with Crippen LogP contribution in [-0.2, 0) is 10.8 Å². The third-order valence-electron chi connectivity index (χ3n) is 16.1. The van der Waals surface area contributed by atoms with Crippen LogP contribution in [0.3, 0.4) is 0 Å². The summed E-state index contributed by atoms with van der Waals surface area (Å²) in [5.41, 5.74) is 16.6. The topological polar surface area (TPSA) is 15.3 Å². The molecule has 0 radical (unpaired) electrons. The van der Waals surface area contributed by atoms with Gasteiger partial charge < -0.3 is 18.6 Å². The molecule has 15 aromatic rings. The number of para-hydroxylation sites is 4. The van der Waals surface area contributed by atoms with Gasteiger partial charge in [0, 0.05) is 71.2 Å². The first-order chi connectivity index (χ1) is 36.0. The molecule has 15 rings (SSSR count). The van der Waals surface area contributed by atoms with Gasteiger partial charge in [0.25, 0.3) is 0 Å². The molecule has 0 aliphatic rings. The van der Waals surface area contributed by atoms with Crippen molar-refractivity contribution in [3.8, 4) is 0 Å². The molecule has 0 aliphatic heterocycles.